The summed E-state index contributed by atoms with van der Waals surface area (Å²) in [6, 6.07) is 11.2. The van der Waals surface area contributed by atoms with E-state index in [-0.39, 0.29) is 49.1 Å². The highest BCUT2D eigenvalue weighted by Gasteiger charge is 2.31. The maximum atomic E-state index is 13.1. The fraction of sp³-hybridized carbons (Fsp3) is 0.364. The minimum atomic E-state index is -3.75. The number of amides is 2. The standard InChI is InChI=1S/C22H24ClN3O6S/c23-18-5-2-1-4-17(18)22(28)24-15-21(27)25-8-10-26(11-9-25)33(29,30)16-6-7-19-20(14-16)32-13-3-12-31-19/h1-2,4-7,14H,3,8-13,15H2,(H,24,28). The maximum Gasteiger partial charge on any atom is 0.253 e. The second kappa shape index (κ2) is 9.98. The zero-order chi connectivity index (χ0) is 23.4. The third-order valence-electron chi connectivity index (χ3n) is 5.47. The third kappa shape index (κ3) is 5.23. The Morgan fingerprint density at radius 1 is 0.970 bits per heavy atom. The Kier molecular flexibility index (Phi) is 7.06. The zero-order valence-electron chi connectivity index (χ0n) is 17.8. The van der Waals surface area contributed by atoms with Gasteiger partial charge in [0.1, 0.15) is 0 Å². The van der Waals surface area contributed by atoms with Crippen molar-refractivity contribution in [2.45, 2.75) is 11.3 Å². The average Bonchev–Trinajstić information content (AvgIpc) is 3.07. The molecule has 0 unspecified atom stereocenters. The van der Waals surface area contributed by atoms with Crippen molar-refractivity contribution in [3.63, 3.8) is 0 Å². The first-order valence-electron chi connectivity index (χ1n) is 10.6. The van der Waals surface area contributed by atoms with Gasteiger partial charge in [-0.3, -0.25) is 9.59 Å². The molecular weight excluding hydrogens is 470 g/mol. The molecule has 0 radical (unpaired) electrons. The smallest absolute Gasteiger partial charge is 0.253 e. The Balaban J connectivity index is 1.33. The van der Waals surface area contributed by atoms with Crippen LogP contribution in [0.5, 0.6) is 11.5 Å². The largest absolute Gasteiger partial charge is 0.490 e. The SMILES string of the molecule is O=C(NCC(=O)N1CCN(S(=O)(=O)c2ccc3c(c2)OCCCO3)CC1)c1ccccc1Cl. The molecule has 1 saturated heterocycles. The number of ether oxygens (including phenoxy) is 2. The van der Waals surface area contributed by atoms with E-state index in [1.807, 2.05) is 0 Å². The molecule has 0 aromatic heterocycles. The number of fused-ring (bicyclic) bond motifs is 1. The van der Waals surface area contributed by atoms with Crippen LogP contribution in [0.4, 0.5) is 0 Å². The molecule has 2 aliphatic heterocycles. The summed E-state index contributed by atoms with van der Waals surface area (Å²) >= 11 is 6.01. The van der Waals surface area contributed by atoms with Gasteiger partial charge in [-0.05, 0) is 24.3 Å². The molecule has 0 aliphatic carbocycles. The van der Waals surface area contributed by atoms with Crippen LogP contribution in [-0.4, -0.2) is 75.4 Å². The molecule has 1 fully saturated rings. The topological polar surface area (TPSA) is 105 Å². The van der Waals surface area contributed by atoms with Crippen molar-refractivity contribution in [2.24, 2.45) is 0 Å². The summed E-state index contributed by atoms with van der Waals surface area (Å²) in [5.41, 5.74) is 0.290. The fourth-order valence-electron chi connectivity index (χ4n) is 3.64. The van der Waals surface area contributed by atoms with Gasteiger partial charge in [-0.1, -0.05) is 23.7 Å². The number of carbonyl (C=O) groups excluding carboxylic acids is 2. The first-order chi connectivity index (χ1) is 15.9. The second-order valence-corrected chi connectivity index (χ2v) is 9.95. The molecule has 0 atom stereocenters. The van der Waals surface area contributed by atoms with E-state index in [1.54, 1.807) is 30.3 Å². The molecule has 176 valence electrons. The van der Waals surface area contributed by atoms with Crippen LogP contribution in [-0.2, 0) is 14.8 Å². The molecule has 9 nitrogen and oxygen atoms in total. The van der Waals surface area contributed by atoms with Crippen molar-refractivity contribution < 1.29 is 27.5 Å². The maximum absolute atomic E-state index is 13.1. The Morgan fingerprint density at radius 2 is 1.67 bits per heavy atom. The molecule has 2 aromatic rings. The molecule has 1 N–H and O–H groups in total. The number of rotatable bonds is 5. The molecule has 11 heteroatoms. The third-order valence-corrected chi connectivity index (χ3v) is 7.69. The molecule has 2 aromatic carbocycles. The molecule has 33 heavy (non-hydrogen) atoms. The van der Waals surface area contributed by atoms with Crippen molar-refractivity contribution >= 4 is 33.4 Å². The van der Waals surface area contributed by atoms with E-state index in [0.29, 0.717) is 29.7 Å². The predicted octanol–water partition coefficient (Wildman–Crippen LogP) is 1.76. The molecule has 2 aliphatic rings. The summed E-state index contributed by atoms with van der Waals surface area (Å²) in [5.74, 6) is 0.213. The van der Waals surface area contributed by atoms with Crippen LogP contribution in [0.2, 0.25) is 5.02 Å². The molecule has 2 amide bonds. The Morgan fingerprint density at radius 3 is 2.39 bits per heavy atom. The lowest BCUT2D eigenvalue weighted by atomic mass is 10.2. The summed E-state index contributed by atoms with van der Waals surface area (Å²) < 4.78 is 38.7. The van der Waals surface area contributed by atoms with Gasteiger partial charge in [-0.25, -0.2) is 8.42 Å². The first kappa shape index (κ1) is 23.3. The van der Waals surface area contributed by atoms with Crippen LogP contribution >= 0.6 is 11.6 Å². The fourth-order valence-corrected chi connectivity index (χ4v) is 5.30. The van der Waals surface area contributed by atoms with E-state index in [0.717, 1.165) is 6.42 Å². The summed E-state index contributed by atoms with van der Waals surface area (Å²) in [5, 5.41) is 2.87. The first-order valence-corrected chi connectivity index (χ1v) is 12.4. The van der Waals surface area contributed by atoms with E-state index >= 15 is 0 Å². The summed E-state index contributed by atoms with van der Waals surface area (Å²) in [4.78, 5) is 26.4. The lowest BCUT2D eigenvalue weighted by Gasteiger charge is -2.34. The Labute approximate surface area is 197 Å². The molecule has 0 bridgehead atoms. The second-order valence-electron chi connectivity index (χ2n) is 7.61. The highest BCUT2D eigenvalue weighted by atomic mass is 35.5. The van der Waals surface area contributed by atoms with Gasteiger partial charge in [0.2, 0.25) is 15.9 Å². The van der Waals surface area contributed by atoms with Crippen LogP contribution < -0.4 is 14.8 Å². The van der Waals surface area contributed by atoms with Crippen LogP contribution in [0.3, 0.4) is 0 Å². The van der Waals surface area contributed by atoms with Gasteiger partial charge < -0.3 is 19.7 Å². The van der Waals surface area contributed by atoms with Crippen molar-refractivity contribution in [3.8, 4) is 11.5 Å². The van der Waals surface area contributed by atoms with Gasteiger partial charge in [0.25, 0.3) is 5.91 Å². The van der Waals surface area contributed by atoms with Gasteiger partial charge in [0, 0.05) is 38.7 Å². The average molecular weight is 494 g/mol. The number of hydrogen-bond acceptors (Lipinski definition) is 6. The quantitative estimate of drug-likeness (QED) is 0.680. The number of halogens is 1. The molecular formula is C22H24ClN3O6S. The van der Waals surface area contributed by atoms with E-state index in [2.05, 4.69) is 5.32 Å². The summed E-state index contributed by atoms with van der Waals surface area (Å²) in [6.45, 7) is 1.55. The molecule has 0 saturated carbocycles. The van der Waals surface area contributed by atoms with E-state index in [1.165, 1.54) is 21.3 Å². The normalized spacial score (nSPS) is 16.7. The zero-order valence-corrected chi connectivity index (χ0v) is 19.4. The van der Waals surface area contributed by atoms with Crippen LogP contribution in [0.15, 0.2) is 47.4 Å². The number of benzene rings is 2. The van der Waals surface area contributed by atoms with Crippen molar-refractivity contribution in [1.29, 1.82) is 0 Å². The minimum Gasteiger partial charge on any atom is -0.490 e. The summed E-state index contributed by atoms with van der Waals surface area (Å²) in [6.07, 6.45) is 0.728. The van der Waals surface area contributed by atoms with Crippen LogP contribution in [0, 0.1) is 0 Å². The number of sulfonamides is 1. The number of piperazine rings is 1. The van der Waals surface area contributed by atoms with Crippen LogP contribution in [0.25, 0.3) is 0 Å². The minimum absolute atomic E-state index is 0.124. The predicted molar refractivity (Wildman–Crippen MR) is 121 cm³/mol. The van der Waals surface area contributed by atoms with Crippen molar-refractivity contribution in [1.82, 2.24) is 14.5 Å². The van der Waals surface area contributed by atoms with Gasteiger partial charge in [-0.15, -0.1) is 0 Å². The van der Waals surface area contributed by atoms with Crippen molar-refractivity contribution in [3.05, 3.63) is 53.1 Å². The van der Waals surface area contributed by atoms with Gasteiger partial charge in [0.15, 0.2) is 11.5 Å². The highest BCUT2D eigenvalue weighted by Crippen LogP contribution is 2.33. The highest BCUT2D eigenvalue weighted by molar-refractivity contribution is 7.89. The van der Waals surface area contributed by atoms with Gasteiger partial charge in [-0.2, -0.15) is 4.31 Å². The van der Waals surface area contributed by atoms with Crippen molar-refractivity contribution in [2.75, 3.05) is 45.9 Å². The number of hydrogen-bond donors (Lipinski definition) is 1. The van der Waals surface area contributed by atoms with E-state index < -0.39 is 15.9 Å². The van der Waals surface area contributed by atoms with Gasteiger partial charge >= 0.3 is 0 Å². The number of nitrogens with one attached hydrogen (secondary N) is 1. The number of nitrogens with zero attached hydrogens (tertiary/aromatic N) is 2. The lowest BCUT2D eigenvalue weighted by Crippen LogP contribution is -2.52. The summed E-state index contributed by atoms with van der Waals surface area (Å²) in [7, 11) is -3.75. The lowest BCUT2D eigenvalue weighted by molar-refractivity contribution is -0.131. The molecule has 0 spiro atoms. The monoisotopic (exact) mass is 493 g/mol. The molecule has 4 rings (SSSR count). The number of carbonyl (C=O) groups is 2. The van der Waals surface area contributed by atoms with Crippen LogP contribution in [0.1, 0.15) is 16.8 Å². The molecule has 2 heterocycles. The Bertz CT molecular complexity index is 1150. The Hall–Kier alpha value is -2.82. The van der Waals surface area contributed by atoms with Gasteiger partial charge in [0.05, 0.1) is 35.2 Å². The van der Waals surface area contributed by atoms with E-state index in [4.69, 9.17) is 21.1 Å². The van der Waals surface area contributed by atoms with E-state index in [9.17, 15) is 18.0 Å².